The molecule has 1 nitrogen and oxygen atoms in total. The van der Waals surface area contributed by atoms with E-state index in [9.17, 15) is 0 Å². The van der Waals surface area contributed by atoms with Gasteiger partial charge in [0.1, 0.15) is 0 Å². The van der Waals surface area contributed by atoms with Crippen molar-refractivity contribution in [2.45, 2.75) is 58.5 Å². The highest BCUT2D eigenvalue weighted by atomic mass is 16.5. The SMILES string of the molecule is CCCCCCC1CCOC1C. The summed E-state index contributed by atoms with van der Waals surface area (Å²) in [5.74, 6) is 0.863. The van der Waals surface area contributed by atoms with Crippen LogP contribution in [0.1, 0.15) is 52.4 Å². The maximum absolute atomic E-state index is 5.52. The number of hydrogen-bond acceptors (Lipinski definition) is 1. The summed E-state index contributed by atoms with van der Waals surface area (Å²) in [5, 5.41) is 0. The van der Waals surface area contributed by atoms with E-state index in [2.05, 4.69) is 13.8 Å². The van der Waals surface area contributed by atoms with Gasteiger partial charge in [0.25, 0.3) is 0 Å². The molecule has 0 N–H and O–H groups in total. The van der Waals surface area contributed by atoms with E-state index in [0.717, 1.165) is 12.5 Å². The Kier molecular flexibility index (Phi) is 4.67. The molecular weight excluding hydrogens is 148 g/mol. The lowest BCUT2D eigenvalue weighted by Crippen LogP contribution is -2.10. The minimum atomic E-state index is 0.534. The zero-order chi connectivity index (χ0) is 8.81. The van der Waals surface area contributed by atoms with Crippen LogP contribution in [0.15, 0.2) is 0 Å². The quantitative estimate of drug-likeness (QED) is 0.575. The van der Waals surface area contributed by atoms with Gasteiger partial charge in [0.2, 0.25) is 0 Å². The Morgan fingerprint density at radius 1 is 1.25 bits per heavy atom. The van der Waals surface area contributed by atoms with Crippen molar-refractivity contribution >= 4 is 0 Å². The van der Waals surface area contributed by atoms with Crippen LogP contribution in [0.2, 0.25) is 0 Å². The molecule has 0 radical (unpaired) electrons. The monoisotopic (exact) mass is 170 g/mol. The highest BCUT2D eigenvalue weighted by Gasteiger charge is 2.22. The fourth-order valence-electron chi connectivity index (χ4n) is 1.99. The van der Waals surface area contributed by atoms with Crippen LogP contribution in [0.4, 0.5) is 0 Å². The van der Waals surface area contributed by atoms with Crippen molar-refractivity contribution in [2.24, 2.45) is 5.92 Å². The van der Waals surface area contributed by atoms with E-state index in [1.165, 1.54) is 38.5 Å². The molecule has 1 heteroatoms. The van der Waals surface area contributed by atoms with Gasteiger partial charge >= 0.3 is 0 Å². The molecule has 0 aromatic rings. The summed E-state index contributed by atoms with van der Waals surface area (Å²) in [6, 6.07) is 0. The Bertz CT molecular complexity index is 112. The topological polar surface area (TPSA) is 9.23 Å². The van der Waals surface area contributed by atoms with E-state index in [4.69, 9.17) is 4.74 Å². The number of rotatable bonds is 5. The summed E-state index contributed by atoms with van der Waals surface area (Å²) in [6.45, 7) is 5.48. The average Bonchev–Trinajstić information content (AvgIpc) is 2.46. The molecule has 2 unspecified atom stereocenters. The average molecular weight is 170 g/mol. The van der Waals surface area contributed by atoms with Crippen molar-refractivity contribution < 1.29 is 4.74 Å². The van der Waals surface area contributed by atoms with Crippen molar-refractivity contribution in [3.8, 4) is 0 Å². The van der Waals surface area contributed by atoms with E-state index in [0.29, 0.717) is 6.10 Å². The van der Waals surface area contributed by atoms with E-state index < -0.39 is 0 Å². The minimum absolute atomic E-state index is 0.534. The van der Waals surface area contributed by atoms with Crippen LogP contribution in [-0.4, -0.2) is 12.7 Å². The lowest BCUT2D eigenvalue weighted by atomic mass is 9.95. The first-order chi connectivity index (χ1) is 5.84. The second-order valence-electron chi connectivity index (χ2n) is 3.97. The molecule has 0 bridgehead atoms. The predicted molar refractivity (Wildman–Crippen MR) is 52.3 cm³/mol. The van der Waals surface area contributed by atoms with Gasteiger partial charge in [0.05, 0.1) is 6.10 Å². The highest BCUT2D eigenvalue weighted by Crippen LogP contribution is 2.25. The van der Waals surface area contributed by atoms with Crippen molar-refractivity contribution in [1.82, 2.24) is 0 Å². The Hall–Kier alpha value is -0.0400. The fraction of sp³-hybridized carbons (Fsp3) is 1.00. The van der Waals surface area contributed by atoms with Crippen LogP contribution in [-0.2, 0) is 4.74 Å². The molecule has 1 aliphatic heterocycles. The minimum Gasteiger partial charge on any atom is -0.378 e. The third-order valence-corrected chi connectivity index (χ3v) is 2.96. The lowest BCUT2D eigenvalue weighted by Gasteiger charge is -2.12. The van der Waals surface area contributed by atoms with Gasteiger partial charge in [0, 0.05) is 6.61 Å². The Morgan fingerprint density at radius 3 is 2.67 bits per heavy atom. The third kappa shape index (κ3) is 3.14. The van der Waals surface area contributed by atoms with Crippen molar-refractivity contribution in [2.75, 3.05) is 6.61 Å². The van der Waals surface area contributed by atoms with Gasteiger partial charge in [-0.3, -0.25) is 0 Å². The Labute approximate surface area is 76.5 Å². The summed E-state index contributed by atoms with van der Waals surface area (Å²) in [6.07, 6.45) is 8.80. The molecule has 0 spiro atoms. The third-order valence-electron chi connectivity index (χ3n) is 2.96. The van der Waals surface area contributed by atoms with Crippen molar-refractivity contribution in [1.29, 1.82) is 0 Å². The van der Waals surface area contributed by atoms with Crippen molar-refractivity contribution in [3.63, 3.8) is 0 Å². The highest BCUT2D eigenvalue weighted by molar-refractivity contribution is 4.72. The molecule has 0 saturated carbocycles. The first-order valence-corrected chi connectivity index (χ1v) is 5.46. The van der Waals surface area contributed by atoms with Gasteiger partial charge in [-0.25, -0.2) is 0 Å². The van der Waals surface area contributed by atoms with Crippen LogP contribution >= 0.6 is 0 Å². The number of ether oxygens (including phenoxy) is 1. The summed E-state index contributed by atoms with van der Waals surface area (Å²) in [4.78, 5) is 0. The molecule has 0 amide bonds. The van der Waals surface area contributed by atoms with Crippen molar-refractivity contribution in [3.05, 3.63) is 0 Å². The van der Waals surface area contributed by atoms with Gasteiger partial charge < -0.3 is 4.74 Å². The molecule has 1 heterocycles. The van der Waals surface area contributed by atoms with Crippen LogP contribution in [0, 0.1) is 5.92 Å². The largest absolute Gasteiger partial charge is 0.378 e. The molecular formula is C11H22O. The second kappa shape index (κ2) is 5.58. The molecule has 12 heavy (non-hydrogen) atoms. The summed E-state index contributed by atoms with van der Waals surface area (Å²) in [5.41, 5.74) is 0. The second-order valence-corrected chi connectivity index (χ2v) is 3.97. The smallest absolute Gasteiger partial charge is 0.0575 e. The van der Waals surface area contributed by atoms with Crippen LogP contribution < -0.4 is 0 Å². The first-order valence-electron chi connectivity index (χ1n) is 5.46. The normalized spacial score (nSPS) is 29.5. The molecule has 0 aromatic carbocycles. The molecule has 2 atom stereocenters. The molecule has 1 rings (SSSR count). The van der Waals surface area contributed by atoms with Gasteiger partial charge in [-0.05, 0) is 25.7 Å². The lowest BCUT2D eigenvalue weighted by molar-refractivity contribution is 0.103. The van der Waals surface area contributed by atoms with Gasteiger partial charge in [-0.1, -0.05) is 32.6 Å². The molecule has 0 aromatic heterocycles. The van der Waals surface area contributed by atoms with E-state index in [1.54, 1.807) is 0 Å². The van der Waals surface area contributed by atoms with Crippen LogP contribution in [0.25, 0.3) is 0 Å². The van der Waals surface area contributed by atoms with Gasteiger partial charge in [-0.2, -0.15) is 0 Å². The predicted octanol–water partition coefficient (Wildman–Crippen LogP) is 3.38. The zero-order valence-corrected chi connectivity index (χ0v) is 8.51. The summed E-state index contributed by atoms with van der Waals surface area (Å²) >= 11 is 0. The van der Waals surface area contributed by atoms with E-state index in [-0.39, 0.29) is 0 Å². The van der Waals surface area contributed by atoms with Gasteiger partial charge in [0.15, 0.2) is 0 Å². The summed E-state index contributed by atoms with van der Waals surface area (Å²) < 4.78 is 5.52. The molecule has 1 fully saturated rings. The Morgan fingerprint density at radius 2 is 2.08 bits per heavy atom. The maximum Gasteiger partial charge on any atom is 0.0575 e. The number of hydrogen-bond donors (Lipinski definition) is 0. The van der Waals surface area contributed by atoms with Gasteiger partial charge in [-0.15, -0.1) is 0 Å². The Balaban J connectivity index is 1.98. The van der Waals surface area contributed by atoms with E-state index >= 15 is 0 Å². The molecule has 0 aliphatic carbocycles. The fourth-order valence-corrected chi connectivity index (χ4v) is 1.99. The molecule has 1 aliphatic rings. The van der Waals surface area contributed by atoms with Crippen LogP contribution in [0.3, 0.4) is 0 Å². The molecule has 72 valence electrons. The molecule has 1 saturated heterocycles. The van der Waals surface area contributed by atoms with Crippen LogP contribution in [0.5, 0.6) is 0 Å². The van der Waals surface area contributed by atoms with E-state index in [1.807, 2.05) is 0 Å². The maximum atomic E-state index is 5.52. The summed E-state index contributed by atoms with van der Waals surface area (Å²) in [7, 11) is 0. The standard InChI is InChI=1S/C11H22O/c1-3-4-5-6-7-11-8-9-12-10(11)2/h10-11H,3-9H2,1-2H3. The zero-order valence-electron chi connectivity index (χ0n) is 8.51. The first kappa shape index (κ1) is 10.0. The number of unbranched alkanes of at least 4 members (excludes halogenated alkanes) is 3.